The maximum absolute atomic E-state index is 8.59. The minimum absolute atomic E-state index is 0.0438. The minimum atomic E-state index is -0.502. The van der Waals surface area contributed by atoms with E-state index in [0.29, 0.717) is 13.0 Å². The van der Waals surface area contributed by atoms with E-state index >= 15 is 0 Å². The van der Waals surface area contributed by atoms with Crippen LogP contribution < -0.4 is 10.1 Å². The smallest absolute Gasteiger partial charge is 0.128 e. The van der Waals surface area contributed by atoms with Crippen molar-refractivity contribution in [2.45, 2.75) is 31.9 Å². The number of benzene rings is 1. The molecule has 2 heterocycles. The highest BCUT2D eigenvalue weighted by Gasteiger charge is 2.36. The average Bonchev–Trinajstić information content (AvgIpc) is 2.89. The van der Waals surface area contributed by atoms with Crippen molar-refractivity contribution >= 4 is 21.6 Å². The third-order valence-corrected chi connectivity index (χ3v) is 4.51. The molecule has 2 atom stereocenters. The Morgan fingerprint density at radius 1 is 1.54 bits per heavy atom. The third kappa shape index (κ3) is 3.47. The molecule has 124 valence electrons. The standard InChI is InChI=1S/C17H18BrN5O/c1-11(22-14-4-3-5-20-9-14)15-7-13(18)6-12-8-17(2,10-21-23-19)24-16(12)15/h3-7,9,11,22H,8,10H2,1-2H3/t11-,17?/m1/s1. The van der Waals surface area contributed by atoms with Crippen LogP contribution in [0.2, 0.25) is 0 Å². The fourth-order valence-corrected chi connectivity index (χ4v) is 3.50. The topological polar surface area (TPSA) is 82.9 Å². The van der Waals surface area contributed by atoms with Crippen LogP contribution in [0.5, 0.6) is 5.75 Å². The number of anilines is 1. The zero-order valence-corrected chi connectivity index (χ0v) is 15.1. The molecule has 0 fully saturated rings. The Balaban J connectivity index is 1.90. The van der Waals surface area contributed by atoms with Crippen LogP contribution in [0.25, 0.3) is 10.4 Å². The van der Waals surface area contributed by atoms with Crippen molar-refractivity contribution in [3.8, 4) is 5.75 Å². The summed E-state index contributed by atoms with van der Waals surface area (Å²) in [6, 6.07) is 8.05. The summed E-state index contributed by atoms with van der Waals surface area (Å²) in [6.07, 6.45) is 4.26. The van der Waals surface area contributed by atoms with Gasteiger partial charge < -0.3 is 10.1 Å². The van der Waals surface area contributed by atoms with Gasteiger partial charge in [0.05, 0.1) is 18.3 Å². The highest BCUT2D eigenvalue weighted by atomic mass is 79.9. The highest BCUT2D eigenvalue weighted by molar-refractivity contribution is 9.10. The van der Waals surface area contributed by atoms with E-state index in [0.717, 1.165) is 27.0 Å². The Kier molecular flexibility index (Phi) is 4.64. The Hall–Kier alpha value is -2.24. The molecule has 1 aliphatic rings. The molecule has 1 aromatic heterocycles. The second-order valence-electron chi connectivity index (χ2n) is 6.21. The van der Waals surface area contributed by atoms with E-state index in [1.165, 1.54) is 0 Å². The summed E-state index contributed by atoms with van der Waals surface area (Å²) >= 11 is 3.58. The number of nitrogens with one attached hydrogen (secondary N) is 1. The van der Waals surface area contributed by atoms with Crippen molar-refractivity contribution in [1.29, 1.82) is 0 Å². The highest BCUT2D eigenvalue weighted by Crippen LogP contribution is 2.42. The molecule has 24 heavy (non-hydrogen) atoms. The van der Waals surface area contributed by atoms with Gasteiger partial charge in [0.2, 0.25) is 0 Å². The predicted octanol–water partition coefficient (Wildman–Crippen LogP) is 5.02. The summed E-state index contributed by atoms with van der Waals surface area (Å²) in [5, 5.41) is 7.13. The van der Waals surface area contributed by atoms with Gasteiger partial charge in [-0.1, -0.05) is 21.0 Å². The number of pyridine rings is 1. The second-order valence-corrected chi connectivity index (χ2v) is 7.12. The molecule has 1 aliphatic heterocycles. The van der Waals surface area contributed by atoms with Crippen LogP contribution in [0.3, 0.4) is 0 Å². The molecule has 3 rings (SSSR count). The number of fused-ring (bicyclic) bond motifs is 1. The van der Waals surface area contributed by atoms with E-state index in [-0.39, 0.29) is 6.04 Å². The van der Waals surface area contributed by atoms with Crippen LogP contribution in [0, 0.1) is 0 Å². The molecule has 1 N–H and O–H groups in total. The molecule has 0 amide bonds. The largest absolute Gasteiger partial charge is 0.486 e. The molecule has 0 bridgehead atoms. The van der Waals surface area contributed by atoms with E-state index in [4.69, 9.17) is 10.3 Å². The van der Waals surface area contributed by atoms with Gasteiger partial charge in [0.25, 0.3) is 0 Å². The molecule has 6 nitrogen and oxygen atoms in total. The maximum atomic E-state index is 8.59. The van der Waals surface area contributed by atoms with Crippen LogP contribution in [-0.4, -0.2) is 17.1 Å². The summed E-state index contributed by atoms with van der Waals surface area (Å²) in [6.45, 7) is 4.36. The van der Waals surface area contributed by atoms with Crippen LogP contribution in [0.15, 0.2) is 46.2 Å². The molecular formula is C17H18BrN5O. The number of azide groups is 1. The van der Waals surface area contributed by atoms with Crippen molar-refractivity contribution in [2.24, 2.45) is 5.11 Å². The van der Waals surface area contributed by atoms with E-state index in [1.807, 2.05) is 19.1 Å². The summed E-state index contributed by atoms with van der Waals surface area (Å²) in [5.41, 5.74) is 11.2. The third-order valence-electron chi connectivity index (χ3n) is 4.05. The van der Waals surface area contributed by atoms with Crippen molar-refractivity contribution in [3.63, 3.8) is 0 Å². The van der Waals surface area contributed by atoms with Crippen molar-refractivity contribution in [3.05, 3.63) is 62.7 Å². The number of aromatic nitrogens is 1. The Morgan fingerprint density at radius 2 is 2.38 bits per heavy atom. The van der Waals surface area contributed by atoms with Crippen LogP contribution in [0.4, 0.5) is 5.69 Å². The number of hydrogen-bond acceptors (Lipinski definition) is 4. The molecule has 0 saturated heterocycles. The lowest BCUT2D eigenvalue weighted by molar-refractivity contribution is 0.124. The van der Waals surface area contributed by atoms with Crippen molar-refractivity contribution in [2.75, 3.05) is 11.9 Å². The van der Waals surface area contributed by atoms with Gasteiger partial charge in [-0.15, -0.1) is 0 Å². The zero-order valence-electron chi connectivity index (χ0n) is 13.5. The van der Waals surface area contributed by atoms with Gasteiger partial charge in [-0.25, -0.2) is 0 Å². The summed E-state index contributed by atoms with van der Waals surface area (Å²) in [7, 11) is 0. The van der Waals surface area contributed by atoms with Crippen LogP contribution in [0.1, 0.15) is 31.0 Å². The molecule has 0 aliphatic carbocycles. The van der Waals surface area contributed by atoms with E-state index in [2.05, 4.69) is 55.3 Å². The van der Waals surface area contributed by atoms with Crippen molar-refractivity contribution in [1.82, 2.24) is 4.98 Å². The predicted molar refractivity (Wildman–Crippen MR) is 97.2 cm³/mol. The Morgan fingerprint density at radius 3 is 3.08 bits per heavy atom. The number of nitrogens with zero attached hydrogens (tertiary/aromatic N) is 4. The van der Waals surface area contributed by atoms with E-state index < -0.39 is 5.60 Å². The molecule has 1 unspecified atom stereocenters. The molecule has 0 spiro atoms. The lowest BCUT2D eigenvalue weighted by atomic mass is 9.97. The average molecular weight is 388 g/mol. The minimum Gasteiger partial charge on any atom is -0.486 e. The fraction of sp³-hybridized carbons (Fsp3) is 0.353. The Bertz CT molecular complexity index is 791. The van der Waals surface area contributed by atoms with Crippen LogP contribution >= 0.6 is 15.9 Å². The zero-order chi connectivity index (χ0) is 17.2. The lowest BCUT2D eigenvalue weighted by Gasteiger charge is -2.23. The van der Waals surface area contributed by atoms with Gasteiger partial charge >= 0.3 is 0 Å². The van der Waals surface area contributed by atoms with Gasteiger partial charge in [0, 0.05) is 33.8 Å². The Labute approximate surface area is 149 Å². The normalized spacial score (nSPS) is 19.8. The molecule has 0 saturated carbocycles. The molecule has 2 aromatic rings. The van der Waals surface area contributed by atoms with Crippen LogP contribution in [-0.2, 0) is 6.42 Å². The van der Waals surface area contributed by atoms with Crippen molar-refractivity contribution < 1.29 is 4.74 Å². The number of hydrogen-bond donors (Lipinski definition) is 1. The fourth-order valence-electron chi connectivity index (χ4n) is 2.98. The summed E-state index contributed by atoms with van der Waals surface area (Å²) < 4.78 is 7.21. The first-order valence-corrected chi connectivity index (χ1v) is 8.49. The first kappa shape index (κ1) is 16.6. The van der Waals surface area contributed by atoms with E-state index in [9.17, 15) is 0 Å². The molecular weight excluding hydrogens is 370 g/mol. The lowest BCUT2D eigenvalue weighted by Crippen LogP contribution is -2.33. The van der Waals surface area contributed by atoms with Gasteiger partial charge in [-0.05, 0) is 49.2 Å². The first-order valence-electron chi connectivity index (χ1n) is 7.69. The summed E-state index contributed by atoms with van der Waals surface area (Å²) in [4.78, 5) is 6.98. The first-order chi connectivity index (χ1) is 11.5. The quantitative estimate of drug-likeness (QED) is 0.443. The molecule has 0 radical (unpaired) electrons. The van der Waals surface area contributed by atoms with Gasteiger partial charge in [0.1, 0.15) is 11.4 Å². The van der Waals surface area contributed by atoms with E-state index in [1.54, 1.807) is 12.4 Å². The summed E-state index contributed by atoms with van der Waals surface area (Å²) in [5.74, 6) is 0.873. The monoisotopic (exact) mass is 387 g/mol. The number of halogens is 1. The molecule has 7 heteroatoms. The van der Waals surface area contributed by atoms with Gasteiger partial charge in [-0.2, -0.15) is 0 Å². The van der Waals surface area contributed by atoms with Gasteiger partial charge in [-0.3, -0.25) is 4.98 Å². The second kappa shape index (κ2) is 6.71. The molecule has 1 aromatic carbocycles. The SMILES string of the molecule is C[C@@H](Nc1cccnc1)c1cc(Br)cc2c1OC(C)(CN=[N+]=[N-])C2. The van der Waals surface area contributed by atoms with Gasteiger partial charge in [0.15, 0.2) is 0 Å². The number of rotatable bonds is 5. The number of ether oxygens (including phenoxy) is 1. The maximum Gasteiger partial charge on any atom is 0.128 e.